The highest BCUT2D eigenvalue weighted by atomic mass is 16.5. The highest BCUT2D eigenvalue weighted by Gasteiger charge is 2.31. The number of carbonyl (C=O) groups is 1. The molecular weight excluding hydrogens is 302 g/mol. The van der Waals surface area contributed by atoms with Gasteiger partial charge in [-0.2, -0.15) is 0 Å². The number of ether oxygens (including phenoxy) is 1. The van der Waals surface area contributed by atoms with Crippen molar-refractivity contribution < 1.29 is 9.53 Å². The molecule has 0 aliphatic carbocycles. The van der Waals surface area contributed by atoms with Gasteiger partial charge in [-0.05, 0) is 51.5 Å². The molecule has 0 N–H and O–H groups in total. The molecule has 1 aliphatic rings. The van der Waals surface area contributed by atoms with Gasteiger partial charge in [0.25, 0.3) is 5.91 Å². The van der Waals surface area contributed by atoms with E-state index in [2.05, 4.69) is 30.3 Å². The van der Waals surface area contributed by atoms with Gasteiger partial charge in [0.1, 0.15) is 11.6 Å². The van der Waals surface area contributed by atoms with Crippen molar-refractivity contribution >= 4 is 5.91 Å². The molecule has 0 spiro atoms. The third-order valence-corrected chi connectivity index (χ3v) is 4.70. The zero-order valence-electron chi connectivity index (χ0n) is 14.8. The average molecular weight is 327 g/mol. The van der Waals surface area contributed by atoms with Gasteiger partial charge in [-0.1, -0.05) is 0 Å². The maximum Gasteiger partial charge on any atom is 0.253 e. The smallest absolute Gasteiger partial charge is 0.253 e. The molecule has 5 nitrogen and oxygen atoms in total. The number of hydrogen-bond donors (Lipinski definition) is 0. The third-order valence-electron chi connectivity index (χ3n) is 4.70. The second-order valence-electron chi connectivity index (χ2n) is 6.69. The van der Waals surface area contributed by atoms with Crippen molar-refractivity contribution in [1.29, 1.82) is 0 Å². The minimum absolute atomic E-state index is 0.0829. The van der Waals surface area contributed by atoms with Crippen LogP contribution in [-0.2, 0) is 0 Å². The van der Waals surface area contributed by atoms with Gasteiger partial charge in [0.05, 0.1) is 7.11 Å². The first-order valence-corrected chi connectivity index (χ1v) is 8.48. The molecule has 2 aromatic rings. The van der Waals surface area contributed by atoms with E-state index in [1.807, 2.05) is 35.4 Å². The van der Waals surface area contributed by atoms with Crippen molar-refractivity contribution in [2.75, 3.05) is 20.2 Å². The molecule has 1 saturated heterocycles. The van der Waals surface area contributed by atoms with Crippen molar-refractivity contribution in [2.24, 2.45) is 0 Å². The van der Waals surface area contributed by atoms with Gasteiger partial charge < -0.3 is 14.2 Å². The summed E-state index contributed by atoms with van der Waals surface area (Å²) in [6.45, 7) is 7.94. The van der Waals surface area contributed by atoms with Crippen molar-refractivity contribution in [3.8, 4) is 5.75 Å². The Kier molecular flexibility index (Phi) is 4.60. The molecule has 1 atom stereocenters. The van der Waals surface area contributed by atoms with E-state index < -0.39 is 0 Å². The molecule has 1 aromatic carbocycles. The van der Waals surface area contributed by atoms with Gasteiger partial charge in [0, 0.05) is 42.5 Å². The van der Waals surface area contributed by atoms with Crippen LogP contribution in [-0.4, -0.2) is 40.6 Å². The summed E-state index contributed by atoms with van der Waals surface area (Å²) < 4.78 is 7.43. The van der Waals surface area contributed by atoms with Crippen LogP contribution >= 0.6 is 0 Å². The molecule has 24 heavy (non-hydrogen) atoms. The van der Waals surface area contributed by atoms with Gasteiger partial charge >= 0.3 is 0 Å². The SMILES string of the molecule is COc1ccc(C(=O)N2CC[C@H](c3ncc(C)n3C(C)C)C2)cc1. The first-order valence-electron chi connectivity index (χ1n) is 8.48. The van der Waals surface area contributed by atoms with Crippen LogP contribution < -0.4 is 4.74 Å². The lowest BCUT2D eigenvalue weighted by molar-refractivity contribution is 0.0790. The fraction of sp³-hybridized carbons (Fsp3) is 0.474. The molecule has 1 fully saturated rings. The molecule has 3 rings (SSSR count). The number of imidazole rings is 1. The van der Waals surface area contributed by atoms with Crippen molar-refractivity contribution in [3.63, 3.8) is 0 Å². The Balaban J connectivity index is 1.74. The molecule has 1 amide bonds. The number of aryl methyl sites for hydroxylation is 1. The number of benzene rings is 1. The summed E-state index contributed by atoms with van der Waals surface area (Å²) >= 11 is 0. The van der Waals surface area contributed by atoms with E-state index >= 15 is 0 Å². The third kappa shape index (κ3) is 3.03. The Morgan fingerprint density at radius 2 is 2.00 bits per heavy atom. The van der Waals surface area contributed by atoms with Crippen LogP contribution in [0.2, 0.25) is 0 Å². The van der Waals surface area contributed by atoms with E-state index in [4.69, 9.17) is 4.74 Å². The molecule has 0 saturated carbocycles. The molecule has 0 unspecified atom stereocenters. The molecule has 0 radical (unpaired) electrons. The van der Waals surface area contributed by atoms with Crippen LogP contribution in [0.1, 0.15) is 54.1 Å². The Labute approximate surface area is 143 Å². The van der Waals surface area contributed by atoms with Crippen molar-refractivity contribution in [1.82, 2.24) is 14.5 Å². The lowest BCUT2D eigenvalue weighted by Crippen LogP contribution is -2.28. The lowest BCUT2D eigenvalue weighted by atomic mass is 10.1. The van der Waals surface area contributed by atoms with Crippen LogP contribution in [0.5, 0.6) is 5.75 Å². The summed E-state index contributed by atoms with van der Waals surface area (Å²) in [5, 5.41) is 0. The minimum Gasteiger partial charge on any atom is -0.497 e. The van der Waals surface area contributed by atoms with Gasteiger partial charge in [-0.3, -0.25) is 4.79 Å². The van der Waals surface area contributed by atoms with Crippen LogP contribution in [0.25, 0.3) is 0 Å². The van der Waals surface area contributed by atoms with Crippen molar-refractivity contribution in [2.45, 2.75) is 39.2 Å². The summed E-state index contributed by atoms with van der Waals surface area (Å²) in [4.78, 5) is 19.3. The van der Waals surface area contributed by atoms with Crippen LogP contribution in [0, 0.1) is 6.92 Å². The Hall–Kier alpha value is -2.30. The maximum atomic E-state index is 12.7. The summed E-state index contributed by atoms with van der Waals surface area (Å²) in [6.07, 6.45) is 2.90. The predicted octanol–water partition coefficient (Wildman–Crippen LogP) is 3.41. The molecule has 2 heterocycles. The van der Waals surface area contributed by atoms with Crippen LogP contribution in [0.15, 0.2) is 30.5 Å². The van der Waals surface area contributed by atoms with E-state index in [0.29, 0.717) is 17.5 Å². The van der Waals surface area contributed by atoms with Crippen LogP contribution in [0.3, 0.4) is 0 Å². The van der Waals surface area contributed by atoms with Gasteiger partial charge in [0.2, 0.25) is 0 Å². The summed E-state index contributed by atoms with van der Waals surface area (Å²) in [5.74, 6) is 2.26. The van der Waals surface area contributed by atoms with E-state index in [-0.39, 0.29) is 5.91 Å². The van der Waals surface area contributed by atoms with Gasteiger partial charge in [-0.15, -0.1) is 0 Å². The highest BCUT2D eigenvalue weighted by Crippen LogP contribution is 2.30. The largest absolute Gasteiger partial charge is 0.497 e. The van der Waals surface area contributed by atoms with E-state index in [1.165, 1.54) is 5.69 Å². The second kappa shape index (κ2) is 6.67. The quantitative estimate of drug-likeness (QED) is 0.864. The predicted molar refractivity (Wildman–Crippen MR) is 93.6 cm³/mol. The van der Waals surface area contributed by atoms with Crippen LogP contribution in [0.4, 0.5) is 0 Å². The zero-order chi connectivity index (χ0) is 17.3. The molecule has 1 aromatic heterocycles. The number of methoxy groups -OCH3 is 1. The summed E-state index contributed by atoms with van der Waals surface area (Å²) in [6, 6.07) is 7.70. The highest BCUT2D eigenvalue weighted by molar-refractivity contribution is 5.94. The number of likely N-dealkylation sites (tertiary alicyclic amines) is 1. The first-order chi connectivity index (χ1) is 11.5. The standard InChI is InChI=1S/C19H25N3O2/c1-13(2)22-14(3)11-20-18(22)16-9-10-21(12-16)19(23)15-5-7-17(24-4)8-6-15/h5-8,11,13,16H,9-10,12H2,1-4H3/t16-/m0/s1. The maximum absolute atomic E-state index is 12.7. The lowest BCUT2D eigenvalue weighted by Gasteiger charge is -2.19. The molecule has 0 bridgehead atoms. The second-order valence-corrected chi connectivity index (χ2v) is 6.69. The van der Waals surface area contributed by atoms with E-state index in [1.54, 1.807) is 7.11 Å². The molecular formula is C19H25N3O2. The summed E-state index contributed by atoms with van der Waals surface area (Å²) in [7, 11) is 1.63. The number of hydrogen-bond acceptors (Lipinski definition) is 3. The molecule has 1 aliphatic heterocycles. The van der Waals surface area contributed by atoms with E-state index in [0.717, 1.165) is 31.1 Å². The Morgan fingerprint density at radius 3 is 2.62 bits per heavy atom. The normalized spacial score (nSPS) is 17.5. The Bertz CT molecular complexity index is 719. The first kappa shape index (κ1) is 16.6. The average Bonchev–Trinajstić information content (AvgIpc) is 3.20. The number of carbonyl (C=O) groups excluding carboxylic acids is 1. The number of amides is 1. The zero-order valence-corrected chi connectivity index (χ0v) is 14.8. The fourth-order valence-electron chi connectivity index (χ4n) is 3.51. The monoisotopic (exact) mass is 327 g/mol. The Morgan fingerprint density at radius 1 is 1.29 bits per heavy atom. The fourth-order valence-corrected chi connectivity index (χ4v) is 3.51. The number of nitrogens with zero attached hydrogens (tertiary/aromatic N) is 3. The van der Waals surface area contributed by atoms with Gasteiger partial charge in [-0.25, -0.2) is 4.98 Å². The topological polar surface area (TPSA) is 47.4 Å². The number of rotatable bonds is 4. The summed E-state index contributed by atoms with van der Waals surface area (Å²) in [5.41, 5.74) is 1.89. The molecule has 128 valence electrons. The van der Waals surface area contributed by atoms with E-state index in [9.17, 15) is 4.79 Å². The van der Waals surface area contributed by atoms with Crippen molar-refractivity contribution in [3.05, 3.63) is 47.5 Å². The molecule has 5 heteroatoms. The van der Waals surface area contributed by atoms with Gasteiger partial charge in [0.15, 0.2) is 0 Å². The minimum atomic E-state index is 0.0829. The number of aromatic nitrogens is 2.